The Bertz CT molecular complexity index is 790. The summed E-state index contributed by atoms with van der Waals surface area (Å²) in [6.07, 6.45) is 0.987. The molecule has 0 aromatic heterocycles. The lowest BCUT2D eigenvalue weighted by molar-refractivity contribution is 0.0984. The Hall–Kier alpha value is -2.27. The number of Topliss-reactive ketones (excluding diaryl/α,β-unsaturated/α-hetero) is 1. The van der Waals surface area contributed by atoms with Crippen LogP contribution in [0.2, 0.25) is 5.02 Å². The van der Waals surface area contributed by atoms with Crippen LogP contribution < -0.4 is 14.2 Å². The fraction of sp³-hybridized carbons (Fsp3) is 0.381. The Morgan fingerprint density at radius 3 is 2.37 bits per heavy atom. The maximum Gasteiger partial charge on any atom is 0.204 e. The number of carbonyl (C=O) groups is 1. The Morgan fingerprint density at radius 1 is 1.15 bits per heavy atom. The van der Waals surface area contributed by atoms with Gasteiger partial charge in [-0.05, 0) is 30.0 Å². The van der Waals surface area contributed by atoms with Crippen LogP contribution >= 0.6 is 11.6 Å². The number of ether oxygens (including phenoxy) is 3. The Balaban J connectivity index is 2.21. The second-order valence-electron chi connectivity index (χ2n) is 6.16. The van der Waals surface area contributed by atoms with Crippen LogP contribution in [0.15, 0.2) is 30.3 Å². The summed E-state index contributed by atoms with van der Waals surface area (Å²) in [5, 5.41) is 0.266. The van der Waals surface area contributed by atoms with Gasteiger partial charge in [0.15, 0.2) is 17.3 Å². The molecule has 0 amide bonds. The number of hydrogen-bond donors (Lipinski definition) is 0. The van der Waals surface area contributed by atoms with Crippen LogP contribution in [-0.2, 0) is 0 Å². The second kappa shape index (κ2) is 9.60. The Morgan fingerprint density at radius 2 is 1.81 bits per heavy atom. The van der Waals surface area contributed by atoms with Crippen molar-refractivity contribution < 1.29 is 23.4 Å². The van der Waals surface area contributed by atoms with Gasteiger partial charge in [-0.1, -0.05) is 37.6 Å². The summed E-state index contributed by atoms with van der Waals surface area (Å²) in [4.78, 5) is 12.3. The summed E-state index contributed by atoms with van der Waals surface area (Å²) in [5.74, 6) is 0.814. The monoisotopic (exact) mass is 394 g/mol. The Kier molecular flexibility index (Phi) is 7.48. The summed E-state index contributed by atoms with van der Waals surface area (Å²) in [5.41, 5.74) is 1.32. The fourth-order valence-corrected chi connectivity index (χ4v) is 3.09. The zero-order valence-electron chi connectivity index (χ0n) is 16.0. The van der Waals surface area contributed by atoms with Crippen molar-refractivity contribution in [2.75, 3.05) is 20.8 Å². The first-order valence-corrected chi connectivity index (χ1v) is 9.16. The van der Waals surface area contributed by atoms with Gasteiger partial charge in [0.1, 0.15) is 5.82 Å². The molecule has 0 N–H and O–H groups in total. The molecule has 2 aromatic rings. The molecule has 27 heavy (non-hydrogen) atoms. The van der Waals surface area contributed by atoms with Crippen LogP contribution in [0, 0.1) is 5.82 Å². The molecular formula is C21H24ClFO4. The molecule has 0 spiro atoms. The number of carbonyl (C=O) groups excluding carboxylic acids is 1. The average molecular weight is 395 g/mol. The smallest absolute Gasteiger partial charge is 0.204 e. The van der Waals surface area contributed by atoms with Gasteiger partial charge in [-0.3, -0.25) is 4.79 Å². The first-order chi connectivity index (χ1) is 12.9. The SMILES string of the molecule is CCC(=O)c1c(Cl)cc(OC)c(OCCC(C)c2ccc(F)cc2)c1OC. The van der Waals surface area contributed by atoms with Gasteiger partial charge in [0.25, 0.3) is 0 Å². The van der Waals surface area contributed by atoms with E-state index in [-0.39, 0.29) is 28.3 Å². The minimum absolute atomic E-state index is 0.135. The first-order valence-electron chi connectivity index (χ1n) is 8.78. The summed E-state index contributed by atoms with van der Waals surface area (Å²) in [7, 11) is 2.96. The second-order valence-corrected chi connectivity index (χ2v) is 6.57. The molecule has 0 fully saturated rings. The van der Waals surface area contributed by atoms with Crippen LogP contribution in [-0.4, -0.2) is 26.6 Å². The third-order valence-corrected chi connectivity index (χ3v) is 4.71. The highest BCUT2D eigenvalue weighted by molar-refractivity contribution is 6.34. The third kappa shape index (κ3) is 4.92. The summed E-state index contributed by atoms with van der Waals surface area (Å²) >= 11 is 6.25. The van der Waals surface area contributed by atoms with E-state index < -0.39 is 0 Å². The molecular weight excluding hydrogens is 371 g/mol. The lowest BCUT2D eigenvalue weighted by Crippen LogP contribution is -2.09. The van der Waals surface area contributed by atoms with Crippen molar-refractivity contribution in [1.82, 2.24) is 0 Å². The minimum Gasteiger partial charge on any atom is -0.493 e. The summed E-state index contributed by atoms with van der Waals surface area (Å²) in [6, 6.07) is 7.98. The van der Waals surface area contributed by atoms with Crippen molar-refractivity contribution in [3.8, 4) is 17.2 Å². The maximum absolute atomic E-state index is 13.1. The van der Waals surface area contributed by atoms with Gasteiger partial charge >= 0.3 is 0 Å². The highest BCUT2D eigenvalue weighted by Crippen LogP contribution is 2.44. The van der Waals surface area contributed by atoms with E-state index in [1.54, 1.807) is 25.1 Å². The molecule has 0 heterocycles. The van der Waals surface area contributed by atoms with E-state index in [0.29, 0.717) is 36.5 Å². The number of rotatable bonds is 9. The molecule has 0 saturated carbocycles. The normalized spacial score (nSPS) is 11.8. The van der Waals surface area contributed by atoms with E-state index in [1.807, 2.05) is 6.92 Å². The van der Waals surface area contributed by atoms with Gasteiger partial charge in [0, 0.05) is 12.5 Å². The van der Waals surface area contributed by atoms with E-state index in [4.69, 9.17) is 25.8 Å². The van der Waals surface area contributed by atoms with Crippen LogP contribution in [0.3, 0.4) is 0 Å². The van der Waals surface area contributed by atoms with Crippen molar-refractivity contribution in [2.24, 2.45) is 0 Å². The lowest BCUT2D eigenvalue weighted by Gasteiger charge is -2.19. The molecule has 0 bridgehead atoms. The standard InChI is InChI=1S/C21H24ClFO4/c1-5-17(24)19-16(22)12-18(25-3)20(21(19)26-4)27-11-10-13(2)14-6-8-15(23)9-7-14/h6-9,12-13H,5,10-11H2,1-4H3. The fourth-order valence-electron chi connectivity index (χ4n) is 2.80. The third-order valence-electron chi connectivity index (χ3n) is 4.41. The number of ketones is 1. The van der Waals surface area contributed by atoms with Crippen molar-refractivity contribution in [2.45, 2.75) is 32.6 Å². The predicted octanol–water partition coefficient (Wildman–Crippen LogP) is 5.66. The molecule has 2 aromatic carbocycles. The zero-order valence-corrected chi connectivity index (χ0v) is 16.7. The highest BCUT2D eigenvalue weighted by atomic mass is 35.5. The maximum atomic E-state index is 13.1. The van der Waals surface area contributed by atoms with Crippen molar-refractivity contribution in [3.05, 3.63) is 52.3 Å². The van der Waals surface area contributed by atoms with Gasteiger partial charge in [-0.15, -0.1) is 0 Å². The van der Waals surface area contributed by atoms with Crippen LogP contribution in [0.4, 0.5) is 4.39 Å². The van der Waals surface area contributed by atoms with Gasteiger partial charge in [-0.25, -0.2) is 4.39 Å². The summed E-state index contributed by atoms with van der Waals surface area (Å²) < 4.78 is 29.8. The van der Waals surface area contributed by atoms with Gasteiger partial charge < -0.3 is 14.2 Å². The molecule has 0 radical (unpaired) electrons. The molecule has 0 aliphatic heterocycles. The number of hydrogen-bond acceptors (Lipinski definition) is 4. The largest absolute Gasteiger partial charge is 0.493 e. The van der Waals surface area contributed by atoms with Crippen LogP contribution in [0.25, 0.3) is 0 Å². The molecule has 1 atom stereocenters. The van der Waals surface area contributed by atoms with E-state index in [9.17, 15) is 9.18 Å². The van der Waals surface area contributed by atoms with E-state index in [0.717, 1.165) is 5.56 Å². The predicted molar refractivity (Wildman–Crippen MR) is 104 cm³/mol. The molecule has 2 rings (SSSR count). The quantitative estimate of drug-likeness (QED) is 0.514. The minimum atomic E-state index is -0.258. The number of halogens is 2. The molecule has 0 aliphatic carbocycles. The zero-order chi connectivity index (χ0) is 20.0. The number of methoxy groups -OCH3 is 2. The van der Waals surface area contributed by atoms with E-state index in [2.05, 4.69) is 0 Å². The van der Waals surface area contributed by atoms with Gasteiger partial charge in [0.2, 0.25) is 5.75 Å². The molecule has 4 nitrogen and oxygen atoms in total. The number of benzene rings is 2. The van der Waals surface area contributed by atoms with Crippen LogP contribution in [0.5, 0.6) is 17.2 Å². The van der Waals surface area contributed by atoms with Crippen LogP contribution in [0.1, 0.15) is 48.5 Å². The lowest BCUT2D eigenvalue weighted by atomic mass is 9.98. The first kappa shape index (κ1) is 21.0. The van der Waals surface area contributed by atoms with Crippen molar-refractivity contribution in [1.29, 1.82) is 0 Å². The molecule has 1 unspecified atom stereocenters. The van der Waals surface area contributed by atoms with E-state index in [1.165, 1.54) is 26.4 Å². The Labute approximate surface area is 164 Å². The molecule has 146 valence electrons. The highest BCUT2D eigenvalue weighted by Gasteiger charge is 2.24. The van der Waals surface area contributed by atoms with Gasteiger partial charge in [-0.2, -0.15) is 0 Å². The molecule has 0 aliphatic rings. The van der Waals surface area contributed by atoms with Gasteiger partial charge in [0.05, 0.1) is 31.4 Å². The summed E-state index contributed by atoms with van der Waals surface area (Å²) in [6.45, 7) is 4.17. The topological polar surface area (TPSA) is 44.8 Å². The molecule has 0 saturated heterocycles. The van der Waals surface area contributed by atoms with E-state index >= 15 is 0 Å². The average Bonchev–Trinajstić information content (AvgIpc) is 2.67. The van der Waals surface area contributed by atoms with Crippen molar-refractivity contribution in [3.63, 3.8) is 0 Å². The van der Waals surface area contributed by atoms with Crippen molar-refractivity contribution >= 4 is 17.4 Å². The molecule has 6 heteroatoms.